The summed E-state index contributed by atoms with van der Waals surface area (Å²) in [4.78, 5) is 27.3. The molecule has 0 aliphatic carbocycles. The molecule has 1 saturated heterocycles. The van der Waals surface area contributed by atoms with Crippen LogP contribution in [0.15, 0.2) is 0 Å². The second-order valence-electron chi connectivity index (χ2n) is 4.91. The van der Waals surface area contributed by atoms with E-state index in [1.165, 1.54) is 7.11 Å². The molecule has 0 spiro atoms. The number of nitrogens with zero attached hydrogens (tertiary/aromatic N) is 2. The Labute approximate surface area is 114 Å². The quantitative estimate of drug-likeness (QED) is 0.718. The highest BCUT2D eigenvalue weighted by Gasteiger charge is 2.24. The first-order valence-corrected chi connectivity index (χ1v) is 6.86. The Kier molecular flexibility index (Phi) is 6.80. The number of nitrogens with two attached hydrogens (primary N) is 1. The van der Waals surface area contributed by atoms with Gasteiger partial charge >= 0.3 is 0 Å². The van der Waals surface area contributed by atoms with Crippen LogP contribution in [0.3, 0.4) is 0 Å². The lowest BCUT2D eigenvalue weighted by atomic mass is 10.0. The molecule has 1 rings (SSSR count). The van der Waals surface area contributed by atoms with Gasteiger partial charge < -0.3 is 20.3 Å². The van der Waals surface area contributed by atoms with Gasteiger partial charge in [0.05, 0.1) is 0 Å². The van der Waals surface area contributed by atoms with Crippen molar-refractivity contribution in [1.29, 1.82) is 0 Å². The molecule has 0 radical (unpaired) electrons. The van der Waals surface area contributed by atoms with Gasteiger partial charge in [0, 0.05) is 39.7 Å². The fourth-order valence-electron chi connectivity index (χ4n) is 2.19. The van der Waals surface area contributed by atoms with Gasteiger partial charge in [0.15, 0.2) is 0 Å². The molecule has 0 aromatic rings. The van der Waals surface area contributed by atoms with Gasteiger partial charge in [-0.3, -0.25) is 9.59 Å². The molecule has 19 heavy (non-hydrogen) atoms. The van der Waals surface area contributed by atoms with E-state index in [2.05, 4.69) is 0 Å². The van der Waals surface area contributed by atoms with Crippen LogP contribution in [-0.2, 0) is 14.3 Å². The average molecular weight is 271 g/mol. The Morgan fingerprint density at radius 2 is 1.68 bits per heavy atom. The number of piperazine rings is 1. The van der Waals surface area contributed by atoms with Crippen molar-refractivity contribution >= 4 is 11.8 Å². The van der Waals surface area contributed by atoms with Crippen molar-refractivity contribution in [2.75, 3.05) is 46.4 Å². The molecule has 1 aliphatic rings. The Bertz CT molecular complexity index is 298. The lowest BCUT2D eigenvalue weighted by Crippen LogP contribution is -2.51. The molecule has 2 N–H and O–H groups in total. The largest absolute Gasteiger partial charge is 0.375 e. The maximum atomic E-state index is 12.1. The molecule has 0 bridgehead atoms. The summed E-state index contributed by atoms with van der Waals surface area (Å²) in [7, 11) is 1.51. The molecule has 6 heteroatoms. The van der Waals surface area contributed by atoms with Gasteiger partial charge in [0.2, 0.25) is 11.8 Å². The van der Waals surface area contributed by atoms with Crippen LogP contribution in [-0.4, -0.2) is 68.1 Å². The lowest BCUT2D eigenvalue weighted by molar-refractivity contribution is -0.142. The SMILES string of the molecule is CCC(CN)CC(=O)N1CCN(C(=O)COC)CC1. The number of ether oxygens (including phenoxy) is 1. The highest BCUT2D eigenvalue weighted by Crippen LogP contribution is 2.11. The van der Waals surface area contributed by atoms with Crippen LogP contribution in [0.2, 0.25) is 0 Å². The van der Waals surface area contributed by atoms with Crippen LogP contribution in [0.25, 0.3) is 0 Å². The van der Waals surface area contributed by atoms with Crippen molar-refractivity contribution < 1.29 is 14.3 Å². The summed E-state index contributed by atoms with van der Waals surface area (Å²) in [5.74, 6) is 0.403. The van der Waals surface area contributed by atoms with Gasteiger partial charge in [-0.05, 0) is 12.5 Å². The maximum Gasteiger partial charge on any atom is 0.248 e. The average Bonchev–Trinajstić information content (AvgIpc) is 2.45. The van der Waals surface area contributed by atoms with Gasteiger partial charge in [0.1, 0.15) is 6.61 Å². The molecule has 110 valence electrons. The van der Waals surface area contributed by atoms with E-state index in [1.807, 2.05) is 11.8 Å². The van der Waals surface area contributed by atoms with E-state index in [0.717, 1.165) is 6.42 Å². The smallest absolute Gasteiger partial charge is 0.248 e. The number of hydrogen-bond acceptors (Lipinski definition) is 4. The molecule has 0 saturated carbocycles. The summed E-state index contributed by atoms with van der Waals surface area (Å²) in [5, 5.41) is 0. The van der Waals surface area contributed by atoms with Crippen molar-refractivity contribution in [3.05, 3.63) is 0 Å². The van der Waals surface area contributed by atoms with Gasteiger partial charge in [-0.15, -0.1) is 0 Å². The number of methoxy groups -OCH3 is 1. The molecule has 1 heterocycles. The molecule has 0 aromatic heterocycles. The van der Waals surface area contributed by atoms with Crippen LogP contribution in [0.1, 0.15) is 19.8 Å². The predicted molar refractivity (Wildman–Crippen MR) is 72.5 cm³/mol. The summed E-state index contributed by atoms with van der Waals surface area (Å²) in [6.45, 7) is 5.10. The molecule has 1 aliphatic heterocycles. The lowest BCUT2D eigenvalue weighted by Gasteiger charge is -2.35. The maximum absolute atomic E-state index is 12.1. The molecule has 2 amide bonds. The minimum Gasteiger partial charge on any atom is -0.375 e. The van der Waals surface area contributed by atoms with Crippen LogP contribution < -0.4 is 5.73 Å². The molecule has 1 fully saturated rings. The number of hydrogen-bond donors (Lipinski definition) is 1. The van der Waals surface area contributed by atoms with E-state index in [9.17, 15) is 9.59 Å². The second-order valence-corrected chi connectivity index (χ2v) is 4.91. The molecular formula is C13H25N3O3. The zero-order valence-electron chi connectivity index (χ0n) is 11.9. The fourth-order valence-corrected chi connectivity index (χ4v) is 2.19. The minimum absolute atomic E-state index is 0.0111. The molecule has 6 nitrogen and oxygen atoms in total. The van der Waals surface area contributed by atoms with Crippen LogP contribution >= 0.6 is 0 Å². The number of carbonyl (C=O) groups excluding carboxylic acids is 2. The summed E-state index contributed by atoms with van der Waals surface area (Å²) < 4.78 is 4.83. The van der Waals surface area contributed by atoms with Gasteiger partial charge in [0.25, 0.3) is 0 Å². The van der Waals surface area contributed by atoms with E-state index < -0.39 is 0 Å². The zero-order valence-corrected chi connectivity index (χ0v) is 11.9. The molecule has 0 aromatic carbocycles. The van der Waals surface area contributed by atoms with E-state index >= 15 is 0 Å². The molecular weight excluding hydrogens is 246 g/mol. The summed E-state index contributed by atoms with van der Waals surface area (Å²) in [6.07, 6.45) is 1.44. The van der Waals surface area contributed by atoms with Crippen molar-refractivity contribution in [3.63, 3.8) is 0 Å². The van der Waals surface area contributed by atoms with Gasteiger partial charge in [-0.2, -0.15) is 0 Å². The molecule has 1 unspecified atom stereocenters. The van der Waals surface area contributed by atoms with E-state index in [4.69, 9.17) is 10.5 Å². The van der Waals surface area contributed by atoms with Crippen LogP contribution in [0.4, 0.5) is 0 Å². The van der Waals surface area contributed by atoms with Crippen LogP contribution in [0.5, 0.6) is 0 Å². The number of amides is 2. The van der Waals surface area contributed by atoms with Gasteiger partial charge in [-0.25, -0.2) is 0 Å². The Balaban J connectivity index is 2.36. The molecule has 1 atom stereocenters. The second kappa shape index (κ2) is 8.12. The number of rotatable bonds is 6. The summed E-state index contributed by atoms with van der Waals surface area (Å²) in [6, 6.07) is 0. The van der Waals surface area contributed by atoms with E-state index in [0.29, 0.717) is 39.1 Å². The monoisotopic (exact) mass is 271 g/mol. The third kappa shape index (κ3) is 4.80. The topological polar surface area (TPSA) is 75.9 Å². The van der Waals surface area contributed by atoms with Crippen molar-refractivity contribution in [2.24, 2.45) is 11.7 Å². The third-order valence-electron chi connectivity index (χ3n) is 3.63. The predicted octanol–water partition coefficient (Wildman–Crippen LogP) is -0.321. The first-order chi connectivity index (χ1) is 9.12. The Morgan fingerprint density at radius 1 is 1.16 bits per heavy atom. The van der Waals surface area contributed by atoms with E-state index in [1.54, 1.807) is 4.90 Å². The Hall–Kier alpha value is -1.14. The first-order valence-electron chi connectivity index (χ1n) is 6.86. The standard InChI is InChI=1S/C13H25N3O3/c1-3-11(9-14)8-12(17)15-4-6-16(7-5-15)13(18)10-19-2/h11H,3-10,14H2,1-2H3. The van der Waals surface area contributed by atoms with Crippen molar-refractivity contribution in [1.82, 2.24) is 9.80 Å². The highest BCUT2D eigenvalue weighted by atomic mass is 16.5. The van der Waals surface area contributed by atoms with Crippen molar-refractivity contribution in [2.45, 2.75) is 19.8 Å². The zero-order chi connectivity index (χ0) is 14.3. The first kappa shape index (κ1) is 15.9. The minimum atomic E-state index is -0.0111. The number of carbonyl (C=O) groups is 2. The van der Waals surface area contributed by atoms with Gasteiger partial charge in [-0.1, -0.05) is 13.3 Å². The normalized spacial score (nSPS) is 17.4. The Morgan fingerprint density at radius 3 is 2.11 bits per heavy atom. The summed E-state index contributed by atoms with van der Waals surface area (Å²) >= 11 is 0. The summed E-state index contributed by atoms with van der Waals surface area (Å²) in [5.41, 5.74) is 5.62. The van der Waals surface area contributed by atoms with E-state index in [-0.39, 0.29) is 24.3 Å². The fraction of sp³-hybridized carbons (Fsp3) is 0.846. The third-order valence-corrected chi connectivity index (χ3v) is 3.63. The van der Waals surface area contributed by atoms with Crippen molar-refractivity contribution in [3.8, 4) is 0 Å². The van der Waals surface area contributed by atoms with Crippen LogP contribution in [0, 0.1) is 5.92 Å². The highest BCUT2D eigenvalue weighted by molar-refractivity contribution is 5.79.